The van der Waals surface area contributed by atoms with Crippen LogP contribution >= 0.6 is 0 Å². The molecule has 1 N–H and O–H groups in total. The third-order valence-corrected chi connectivity index (χ3v) is 14.5. The Morgan fingerprint density at radius 1 is 0.692 bits per heavy atom. The third-order valence-electron chi connectivity index (χ3n) is 10.2. The Bertz CT molecular complexity index is 1380. The highest BCUT2D eigenvalue weighted by Crippen LogP contribution is 2.59. The fourth-order valence-electron chi connectivity index (χ4n) is 8.64. The molecule has 0 radical (unpaired) electrons. The molecule has 7 atom stereocenters. The summed E-state index contributed by atoms with van der Waals surface area (Å²) in [7, 11) is -1.92. The normalized spacial score (nSPS) is 34.6. The van der Waals surface area contributed by atoms with Crippen LogP contribution in [0, 0.1) is 23.7 Å². The predicted molar refractivity (Wildman–Crippen MR) is 167 cm³/mol. The van der Waals surface area contributed by atoms with Crippen LogP contribution in [-0.4, -0.2) is 31.1 Å². The molecule has 1 aliphatic heterocycles. The van der Waals surface area contributed by atoms with E-state index < -0.39 is 8.24 Å². The van der Waals surface area contributed by atoms with Gasteiger partial charge >= 0.3 is 0 Å². The second-order valence-corrected chi connectivity index (χ2v) is 16.9. The summed E-state index contributed by atoms with van der Waals surface area (Å²) in [6, 6.07) is 20.6. The van der Waals surface area contributed by atoms with E-state index in [1.807, 2.05) is 0 Å². The van der Waals surface area contributed by atoms with Gasteiger partial charge in [-0.15, -0.1) is 0 Å². The van der Waals surface area contributed by atoms with Crippen molar-refractivity contribution in [2.75, 3.05) is 0 Å². The van der Waals surface area contributed by atoms with E-state index in [1.54, 1.807) is 0 Å². The van der Waals surface area contributed by atoms with Gasteiger partial charge in [-0.1, -0.05) is 135 Å². The van der Waals surface area contributed by atoms with E-state index in [-0.39, 0.29) is 0 Å². The topological polar surface area (TPSA) is 15.3 Å². The zero-order valence-electron chi connectivity index (χ0n) is 23.3. The summed E-state index contributed by atoms with van der Waals surface area (Å²) in [5.41, 5.74) is 6.01. The molecule has 5 unspecified atom stereocenters. The molecule has 1 saturated heterocycles. The molecule has 2 aromatic carbocycles. The maximum atomic E-state index is 4.15. The first kappa shape index (κ1) is 25.0. The van der Waals surface area contributed by atoms with Crippen molar-refractivity contribution in [2.24, 2.45) is 23.7 Å². The van der Waals surface area contributed by atoms with Crippen LogP contribution < -0.4 is 5.32 Å². The second-order valence-electron chi connectivity index (χ2n) is 12.4. The van der Waals surface area contributed by atoms with E-state index in [1.165, 1.54) is 22.3 Å². The first-order valence-corrected chi connectivity index (χ1v) is 17.9. The standard InChI is InChI=1S/C36H40N2Si/c1-4-34-37-35-28(27-17-12-16-26(24-27)25-14-6-5-7-15-25)22-13-23-33(35)38(34)39(2,3)36-31-20-10-8-18-29(31)30-19-9-11-21-32(30)36/h5-24,29-37H,4H2,1-3H3/t29?,30?,31?,32?,33-,34-,35?,36?/m1/s1. The Kier molecular flexibility index (Phi) is 6.34. The summed E-state index contributed by atoms with van der Waals surface area (Å²) >= 11 is 0. The summed E-state index contributed by atoms with van der Waals surface area (Å²) in [4.78, 5) is 0. The van der Waals surface area contributed by atoms with Gasteiger partial charge in [-0.05, 0) is 64.0 Å². The first-order chi connectivity index (χ1) is 19.1. The molecule has 0 bridgehead atoms. The van der Waals surface area contributed by atoms with Crippen molar-refractivity contribution in [3.8, 4) is 11.1 Å². The zero-order chi connectivity index (χ0) is 26.6. The Morgan fingerprint density at radius 2 is 1.31 bits per heavy atom. The highest BCUT2D eigenvalue weighted by molar-refractivity contribution is 6.76. The minimum atomic E-state index is -1.92. The van der Waals surface area contributed by atoms with Gasteiger partial charge in [0.1, 0.15) is 8.24 Å². The van der Waals surface area contributed by atoms with Crippen molar-refractivity contribution in [2.45, 2.75) is 50.2 Å². The molecule has 5 aliphatic rings. The Labute approximate surface area is 235 Å². The first-order valence-electron chi connectivity index (χ1n) is 14.9. The lowest BCUT2D eigenvalue weighted by Gasteiger charge is -2.48. The van der Waals surface area contributed by atoms with Gasteiger partial charge in [-0.25, -0.2) is 0 Å². The Morgan fingerprint density at radius 3 is 1.97 bits per heavy atom. The molecule has 198 valence electrons. The molecule has 3 heteroatoms. The fraction of sp³-hybridized carbons (Fsp3) is 0.333. The molecular weight excluding hydrogens is 488 g/mol. The van der Waals surface area contributed by atoms with E-state index in [2.05, 4.69) is 151 Å². The van der Waals surface area contributed by atoms with Crippen molar-refractivity contribution in [3.05, 3.63) is 127 Å². The van der Waals surface area contributed by atoms with Gasteiger partial charge in [0.05, 0.1) is 12.2 Å². The van der Waals surface area contributed by atoms with Crippen LogP contribution in [0.3, 0.4) is 0 Å². The van der Waals surface area contributed by atoms with E-state index in [9.17, 15) is 0 Å². The van der Waals surface area contributed by atoms with Gasteiger partial charge in [-0.3, -0.25) is 5.32 Å². The van der Waals surface area contributed by atoms with Crippen LogP contribution in [0.2, 0.25) is 18.6 Å². The monoisotopic (exact) mass is 528 g/mol. The minimum Gasteiger partial charge on any atom is -0.301 e. The van der Waals surface area contributed by atoms with Crippen molar-refractivity contribution >= 4 is 13.8 Å². The second kappa shape index (κ2) is 9.89. The van der Waals surface area contributed by atoms with Crippen molar-refractivity contribution in [3.63, 3.8) is 0 Å². The molecule has 0 amide bonds. The number of rotatable bonds is 5. The van der Waals surface area contributed by atoms with Crippen LogP contribution in [0.15, 0.2) is 121 Å². The van der Waals surface area contributed by atoms with Crippen molar-refractivity contribution < 1.29 is 0 Å². The lowest BCUT2D eigenvalue weighted by Crippen LogP contribution is -2.60. The molecule has 0 spiro atoms. The highest BCUT2D eigenvalue weighted by Gasteiger charge is 2.59. The van der Waals surface area contributed by atoms with Crippen LogP contribution in [-0.2, 0) is 0 Å². The Balaban J connectivity index is 1.24. The van der Waals surface area contributed by atoms with Crippen molar-refractivity contribution in [1.82, 2.24) is 9.88 Å². The fourth-order valence-corrected chi connectivity index (χ4v) is 13.6. The van der Waals surface area contributed by atoms with Crippen molar-refractivity contribution in [1.29, 1.82) is 0 Å². The highest BCUT2D eigenvalue weighted by atomic mass is 28.3. The minimum absolute atomic E-state index is 0.314. The molecule has 2 aromatic rings. The van der Waals surface area contributed by atoms with Crippen LogP contribution in [0.5, 0.6) is 0 Å². The molecule has 2 fully saturated rings. The number of fused-ring (bicyclic) bond motifs is 4. The van der Waals surface area contributed by atoms with Crippen LogP contribution in [0.4, 0.5) is 0 Å². The number of hydrogen-bond acceptors (Lipinski definition) is 2. The lowest BCUT2D eigenvalue weighted by atomic mass is 9.83. The number of benzene rings is 2. The molecule has 1 saturated carbocycles. The summed E-state index contributed by atoms with van der Waals surface area (Å²) in [5.74, 6) is 2.51. The molecule has 7 rings (SSSR count). The van der Waals surface area contributed by atoms with Gasteiger partial charge in [0.2, 0.25) is 0 Å². The van der Waals surface area contributed by atoms with Gasteiger partial charge in [0.25, 0.3) is 0 Å². The maximum Gasteiger partial charge on any atom is 0.129 e. The SMILES string of the molecule is CC[C@@H]1NC2C(c3cccc(-c4ccccc4)c3)=CC=C[C@H]2N1[Si](C)(C)C1C2C=CC=CC2C2C=CC=CC21. The smallest absolute Gasteiger partial charge is 0.129 e. The number of hydrogen-bond donors (Lipinski definition) is 1. The molecule has 0 aromatic heterocycles. The van der Waals surface area contributed by atoms with E-state index >= 15 is 0 Å². The van der Waals surface area contributed by atoms with Gasteiger partial charge in [0, 0.05) is 6.04 Å². The predicted octanol–water partition coefficient (Wildman–Crippen LogP) is 7.99. The van der Waals surface area contributed by atoms with E-state index in [0.29, 0.717) is 47.5 Å². The average Bonchev–Trinajstić information content (AvgIpc) is 3.54. The summed E-state index contributed by atoms with van der Waals surface area (Å²) in [5, 5.41) is 4.15. The van der Waals surface area contributed by atoms with Gasteiger partial charge < -0.3 is 4.57 Å². The quantitative estimate of drug-likeness (QED) is 0.396. The van der Waals surface area contributed by atoms with Crippen LogP contribution in [0.1, 0.15) is 18.9 Å². The molecule has 39 heavy (non-hydrogen) atoms. The lowest BCUT2D eigenvalue weighted by molar-refractivity contribution is 0.312. The summed E-state index contributed by atoms with van der Waals surface area (Å²) in [6.45, 7) is 7.70. The number of nitrogens with zero attached hydrogens (tertiary/aromatic N) is 1. The third kappa shape index (κ3) is 4.06. The molecule has 1 heterocycles. The number of allylic oxidation sites excluding steroid dienone is 10. The summed E-state index contributed by atoms with van der Waals surface area (Å²) in [6.07, 6.45) is 28.0. The number of nitrogens with one attached hydrogen (secondary N) is 1. The zero-order valence-corrected chi connectivity index (χ0v) is 24.3. The Hall–Kier alpha value is -2.98. The maximum absolute atomic E-state index is 4.15. The summed E-state index contributed by atoms with van der Waals surface area (Å²) < 4.78 is 2.99. The average molecular weight is 529 g/mol. The molecular formula is C36H40N2Si. The van der Waals surface area contributed by atoms with Gasteiger partial charge in [0.15, 0.2) is 0 Å². The molecule has 2 nitrogen and oxygen atoms in total. The van der Waals surface area contributed by atoms with Gasteiger partial charge in [-0.2, -0.15) is 0 Å². The van der Waals surface area contributed by atoms with Crippen LogP contribution in [0.25, 0.3) is 16.7 Å². The van der Waals surface area contributed by atoms with E-state index in [4.69, 9.17) is 0 Å². The molecule has 4 aliphatic carbocycles. The van der Waals surface area contributed by atoms with E-state index in [0.717, 1.165) is 6.42 Å². The largest absolute Gasteiger partial charge is 0.301 e.